The summed E-state index contributed by atoms with van der Waals surface area (Å²) in [4.78, 5) is 0. The van der Waals surface area contributed by atoms with E-state index in [2.05, 4.69) is 4.72 Å². The van der Waals surface area contributed by atoms with E-state index in [1.807, 2.05) is 0 Å². The SMILES string of the molecule is COc1ccc(NS(=O)(=O)C2CCS(=O)(=O)CC2)c(N)c1. The molecule has 0 amide bonds. The molecule has 118 valence electrons. The van der Waals surface area contributed by atoms with E-state index in [1.165, 1.54) is 19.2 Å². The lowest BCUT2D eigenvalue weighted by Gasteiger charge is -2.23. The summed E-state index contributed by atoms with van der Waals surface area (Å²) < 4.78 is 54.7. The third kappa shape index (κ3) is 3.79. The van der Waals surface area contributed by atoms with Gasteiger partial charge in [0.15, 0.2) is 0 Å². The zero-order valence-electron chi connectivity index (χ0n) is 11.6. The molecule has 1 aliphatic rings. The fraction of sp³-hybridized carbons (Fsp3) is 0.500. The fourth-order valence-electron chi connectivity index (χ4n) is 2.18. The molecule has 1 saturated heterocycles. The molecule has 1 aromatic carbocycles. The maximum absolute atomic E-state index is 12.3. The van der Waals surface area contributed by atoms with Crippen LogP contribution in [0.25, 0.3) is 0 Å². The summed E-state index contributed by atoms with van der Waals surface area (Å²) in [6, 6.07) is 4.63. The van der Waals surface area contributed by atoms with Gasteiger partial charge in [-0.15, -0.1) is 0 Å². The highest BCUT2D eigenvalue weighted by molar-refractivity contribution is 7.94. The topological polar surface area (TPSA) is 116 Å². The van der Waals surface area contributed by atoms with Crippen LogP contribution in [-0.2, 0) is 19.9 Å². The van der Waals surface area contributed by atoms with Crippen molar-refractivity contribution in [2.75, 3.05) is 29.1 Å². The predicted octanol–water partition coefficient (Wildman–Crippen LogP) is 0.596. The first-order chi connectivity index (χ1) is 9.73. The maximum Gasteiger partial charge on any atom is 0.235 e. The highest BCUT2D eigenvalue weighted by atomic mass is 32.2. The Hall–Kier alpha value is -1.48. The first-order valence-electron chi connectivity index (χ1n) is 6.39. The second-order valence-corrected chi connectivity index (χ2v) is 9.22. The van der Waals surface area contributed by atoms with E-state index in [0.29, 0.717) is 5.75 Å². The Bertz CT molecular complexity index is 714. The largest absolute Gasteiger partial charge is 0.497 e. The van der Waals surface area contributed by atoms with E-state index >= 15 is 0 Å². The molecule has 0 aromatic heterocycles. The van der Waals surface area contributed by atoms with Crippen LogP contribution in [0.2, 0.25) is 0 Å². The molecule has 1 heterocycles. The van der Waals surface area contributed by atoms with Crippen LogP contribution in [-0.4, -0.2) is 40.7 Å². The molecule has 0 spiro atoms. The lowest BCUT2D eigenvalue weighted by atomic mass is 10.2. The van der Waals surface area contributed by atoms with Gasteiger partial charge in [-0.2, -0.15) is 0 Å². The summed E-state index contributed by atoms with van der Waals surface area (Å²) in [5.41, 5.74) is 6.29. The van der Waals surface area contributed by atoms with Crippen molar-refractivity contribution in [3.63, 3.8) is 0 Å². The van der Waals surface area contributed by atoms with Crippen molar-refractivity contribution < 1.29 is 21.6 Å². The minimum absolute atomic E-state index is 0.101. The van der Waals surface area contributed by atoms with Crippen molar-refractivity contribution in [2.45, 2.75) is 18.1 Å². The summed E-state index contributed by atoms with van der Waals surface area (Å²) in [7, 11) is -5.28. The van der Waals surface area contributed by atoms with Crippen LogP contribution in [0, 0.1) is 0 Å². The Morgan fingerprint density at radius 3 is 2.43 bits per heavy atom. The van der Waals surface area contributed by atoms with E-state index in [1.54, 1.807) is 6.07 Å². The van der Waals surface area contributed by atoms with Gasteiger partial charge in [-0.3, -0.25) is 4.72 Å². The summed E-state index contributed by atoms with van der Waals surface area (Å²) in [5, 5.41) is -0.720. The average molecular weight is 334 g/mol. The number of anilines is 2. The molecule has 0 radical (unpaired) electrons. The van der Waals surface area contributed by atoms with Gasteiger partial charge in [-0.05, 0) is 25.0 Å². The van der Waals surface area contributed by atoms with E-state index in [0.717, 1.165) is 0 Å². The first-order valence-corrected chi connectivity index (χ1v) is 9.76. The van der Waals surface area contributed by atoms with E-state index in [-0.39, 0.29) is 35.7 Å². The highest BCUT2D eigenvalue weighted by Crippen LogP contribution is 2.27. The summed E-state index contributed by atoms with van der Waals surface area (Å²) in [5.74, 6) is 0.326. The van der Waals surface area contributed by atoms with Gasteiger partial charge in [0, 0.05) is 6.07 Å². The second kappa shape index (κ2) is 5.72. The van der Waals surface area contributed by atoms with Gasteiger partial charge in [0.2, 0.25) is 10.0 Å². The molecule has 9 heteroatoms. The van der Waals surface area contributed by atoms with Crippen molar-refractivity contribution in [1.82, 2.24) is 0 Å². The zero-order valence-corrected chi connectivity index (χ0v) is 13.2. The minimum Gasteiger partial charge on any atom is -0.497 e. The summed E-state index contributed by atoms with van der Waals surface area (Å²) >= 11 is 0. The molecule has 0 atom stereocenters. The van der Waals surface area contributed by atoms with Crippen molar-refractivity contribution in [2.24, 2.45) is 0 Å². The van der Waals surface area contributed by atoms with Crippen molar-refractivity contribution in [3.8, 4) is 5.75 Å². The van der Waals surface area contributed by atoms with Crippen molar-refractivity contribution >= 4 is 31.2 Å². The van der Waals surface area contributed by atoms with E-state index in [4.69, 9.17) is 10.5 Å². The standard InChI is InChI=1S/C12H18N2O5S2/c1-19-9-2-3-12(11(13)8-9)14-21(17,18)10-4-6-20(15,16)7-5-10/h2-3,8,10,14H,4-7,13H2,1H3. The Balaban J connectivity index is 2.15. The smallest absolute Gasteiger partial charge is 0.235 e. The maximum atomic E-state index is 12.3. The van der Waals surface area contributed by atoms with Gasteiger partial charge in [0.05, 0.1) is 35.2 Å². The van der Waals surface area contributed by atoms with Gasteiger partial charge >= 0.3 is 0 Å². The van der Waals surface area contributed by atoms with Crippen LogP contribution in [0.15, 0.2) is 18.2 Å². The number of ether oxygens (including phenoxy) is 1. The quantitative estimate of drug-likeness (QED) is 0.779. The van der Waals surface area contributed by atoms with E-state index in [9.17, 15) is 16.8 Å². The molecule has 0 unspecified atom stereocenters. The van der Waals surface area contributed by atoms with Crippen LogP contribution < -0.4 is 15.2 Å². The number of hydrogen-bond donors (Lipinski definition) is 2. The van der Waals surface area contributed by atoms with Gasteiger partial charge in [0.25, 0.3) is 0 Å². The van der Waals surface area contributed by atoms with Gasteiger partial charge in [-0.25, -0.2) is 16.8 Å². The summed E-state index contributed by atoms with van der Waals surface area (Å²) in [6.45, 7) is 0. The number of sulfone groups is 1. The molecule has 1 aliphatic heterocycles. The van der Waals surface area contributed by atoms with Gasteiger partial charge in [0.1, 0.15) is 15.6 Å². The number of sulfonamides is 1. The predicted molar refractivity (Wildman–Crippen MR) is 81.6 cm³/mol. The lowest BCUT2D eigenvalue weighted by Crippen LogP contribution is -2.36. The number of nitrogen functional groups attached to an aromatic ring is 1. The molecule has 3 N–H and O–H groups in total. The third-order valence-electron chi connectivity index (χ3n) is 3.45. The average Bonchev–Trinajstić information content (AvgIpc) is 2.40. The van der Waals surface area contributed by atoms with Crippen LogP contribution in [0.3, 0.4) is 0 Å². The highest BCUT2D eigenvalue weighted by Gasteiger charge is 2.33. The number of benzene rings is 1. The normalized spacial score (nSPS) is 19.1. The fourth-order valence-corrected chi connectivity index (χ4v) is 5.48. The Morgan fingerprint density at radius 1 is 1.29 bits per heavy atom. The summed E-state index contributed by atoms with van der Waals surface area (Å²) in [6.07, 6.45) is 0.210. The minimum atomic E-state index is -3.66. The molecular formula is C12H18N2O5S2. The molecular weight excluding hydrogens is 316 g/mol. The second-order valence-electron chi connectivity index (χ2n) is 4.95. The molecule has 0 bridgehead atoms. The number of nitrogens with one attached hydrogen (secondary N) is 1. The van der Waals surface area contributed by atoms with Gasteiger partial charge < -0.3 is 10.5 Å². The number of methoxy groups -OCH3 is 1. The molecule has 2 rings (SSSR count). The molecule has 0 saturated carbocycles. The molecule has 7 nitrogen and oxygen atoms in total. The van der Waals surface area contributed by atoms with Crippen LogP contribution in [0.5, 0.6) is 5.75 Å². The molecule has 1 fully saturated rings. The van der Waals surface area contributed by atoms with Crippen LogP contribution in [0.4, 0.5) is 11.4 Å². The number of rotatable bonds is 4. The molecule has 21 heavy (non-hydrogen) atoms. The third-order valence-corrected chi connectivity index (χ3v) is 7.02. The van der Waals surface area contributed by atoms with Gasteiger partial charge in [-0.1, -0.05) is 0 Å². The lowest BCUT2D eigenvalue weighted by molar-refractivity contribution is 0.415. The van der Waals surface area contributed by atoms with Crippen molar-refractivity contribution in [3.05, 3.63) is 18.2 Å². The Kier molecular flexibility index (Phi) is 4.33. The first kappa shape index (κ1) is 15.9. The zero-order chi connectivity index (χ0) is 15.7. The van der Waals surface area contributed by atoms with Crippen LogP contribution in [0.1, 0.15) is 12.8 Å². The van der Waals surface area contributed by atoms with E-state index < -0.39 is 25.1 Å². The van der Waals surface area contributed by atoms with Crippen molar-refractivity contribution in [1.29, 1.82) is 0 Å². The molecule has 0 aliphatic carbocycles. The van der Waals surface area contributed by atoms with Crippen LogP contribution >= 0.6 is 0 Å². The number of nitrogens with two attached hydrogens (primary N) is 1. The monoisotopic (exact) mass is 334 g/mol. The Labute approximate surface area is 124 Å². The molecule has 1 aromatic rings. The Morgan fingerprint density at radius 2 is 1.90 bits per heavy atom. The number of hydrogen-bond acceptors (Lipinski definition) is 6.